The lowest BCUT2D eigenvalue weighted by Gasteiger charge is -2.09. The number of nitrogens with zero attached hydrogens (tertiary/aromatic N) is 3. The van der Waals surface area contributed by atoms with E-state index < -0.39 is 0 Å². The summed E-state index contributed by atoms with van der Waals surface area (Å²) in [7, 11) is 3.51. The smallest absolute Gasteiger partial charge is 0.191 e. The van der Waals surface area contributed by atoms with Gasteiger partial charge in [-0.1, -0.05) is 17.8 Å². The summed E-state index contributed by atoms with van der Waals surface area (Å²) in [6.07, 6.45) is 0. The zero-order valence-electron chi connectivity index (χ0n) is 11.7. The fourth-order valence-electron chi connectivity index (χ4n) is 1.72. The third-order valence-corrected chi connectivity index (χ3v) is 4.07. The lowest BCUT2D eigenvalue weighted by molar-refractivity contribution is 0.413. The first-order valence-electron chi connectivity index (χ1n) is 6.03. The molecule has 0 bridgehead atoms. The molecule has 0 aliphatic carbocycles. The van der Waals surface area contributed by atoms with Crippen LogP contribution in [0.25, 0.3) is 0 Å². The summed E-state index contributed by atoms with van der Waals surface area (Å²) >= 11 is 1.59. The van der Waals surface area contributed by atoms with E-state index in [1.54, 1.807) is 18.9 Å². The zero-order valence-corrected chi connectivity index (χ0v) is 12.5. The van der Waals surface area contributed by atoms with Gasteiger partial charge in [0.2, 0.25) is 0 Å². The molecular weight excluding hydrogens is 274 g/mol. The summed E-state index contributed by atoms with van der Waals surface area (Å²) in [5.74, 6) is 2.23. The van der Waals surface area contributed by atoms with Gasteiger partial charge in [-0.3, -0.25) is 5.41 Å². The Labute approximate surface area is 121 Å². The largest absolute Gasteiger partial charge is 0.496 e. The minimum atomic E-state index is 0.00297. The molecule has 2 aromatic rings. The van der Waals surface area contributed by atoms with Crippen molar-refractivity contribution in [1.29, 1.82) is 5.41 Å². The van der Waals surface area contributed by atoms with E-state index in [0.29, 0.717) is 11.3 Å². The number of rotatable bonds is 5. The standard InChI is InChI=1S/C13H17N5OS/c1-8-16-17-13(18(8)2)20-7-9-4-5-11(19-3)10(6-9)12(14)15/h4-6H,7H2,1-3H3,(H3,14,15). The summed E-state index contributed by atoms with van der Waals surface area (Å²) < 4.78 is 7.14. The molecule has 3 N–H and O–H groups in total. The molecule has 2 rings (SSSR count). The van der Waals surface area contributed by atoms with Crippen LogP contribution in [0, 0.1) is 12.3 Å². The molecule has 0 saturated carbocycles. The first-order valence-corrected chi connectivity index (χ1v) is 7.01. The number of nitrogens with one attached hydrogen (secondary N) is 1. The van der Waals surface area contributed by atoms with Gasteiger partial charge in [-0.05, 0) is 24.6 Å². The molecule has 0 amide bonds. The van der Waals surface area contributed by atoms with Gasteiger partial charge in [-0.25, -0.2) is 0 Å². The number of hydrogen-bond donors (Lipinski definition) is 2. The van der Waals surface area contributed by atoms with Crippen LogP contribution in [-0.4, -0.2) is 27.7 Å². The number of benzene rings is 1. The topological polar surface area (TPSA) is 89.8 Å². The third-order valence-electron chi connectivity index (χ3n) is 2.97. The Hall–Kier alpha value is -2.02. The summed E-state index contributed by atoms with van der Waals surface area (Å²) in [5, 5.41) is 16.6. The fourth-order valence-corrected chi connectivity index (χ4v) is 2.62. The van der Waals surface area contributed by atoms with E-state index >= 15 is 0 Å². The second-order valence-electron chi connectivity index (χ2n) is 4.33. The van der Waals surface area contributed by atoms with Crippen LogP contribution in [0.1, 0.15) is 17.0 Å². The molecule has 6 nitrogen and oxygen atoms in total. The first kappa shape index (κ1) is 14.4. The normalized spacial score (nSPS) is 10.6. The van der Waals surface area contributed by atoms with Crippen LogP contribution in [-0.2, 0) is 12.8 Å². The summed E-state index contributed by atoms with van der Waals surface area (Å²) in [4.78, 5) is 0. The van der Waals surface area contributed by atoms with Gasteiger partial charge < -0.3 is 15.0 Å². The quantitative estimate of drug-likeness (QED) is 0.497. The molecule has 0 spiro atoms. The molecule has 0 atom stereocenters. The van der Waals surface area contributed by atoms with Gasteiger partial charge in [0.1, 0.15) is 17.4 Å². The van der Waals surface area contributed by atoms with Gasteiger partial charge in [0, 0.05) is 12.8 Å². The monoisotopic (exact) mass is 291 g/mol. The van der Waals surface area contributed by atoms with E-state index in [2.05, 4.69) is 10.2 Å². The number of amidine groups is 1. The zero-order chi connectivity index (χ0) is 14.7. The van der Waals surface area contributed by atoms with Crippen LogP contribution in [0.4, 0.5) is 0 Å². The van der Waals surface area contributed by atoms with Crippen molar-refractivity contribution in [1.82, 2.24) is 14.8 Å². The number of aromatic nitrogens is 3. The van der Waals surface area contributed by atoms with E-state index in [9.17, 15) is 0 Å². The van der Waals surface area contributed by atoms with Crippen molar-refractivity contribution in [2.24, 2.45) is 12.8 Å². The average Bonchev–Trinajstić information content (AvgIpc) is 2.76. The Morgan fingerprint density at radius 1 is 1.45 bits per heavy atom. The molecule has 1 aromatic carbocycles. The molecule has 0 aliphatic heterocycles. The van der Waals surface area contributed by atoms with E-state index in [-0.39, 0.29) is 5.84 Å². The Balaban J connectivity index is 2.16. The average molecular weight is 291 g/mol. The number of aryl methyl sites for hydroxylation is 1. The molecule has 1 heterocycles. The van der Waals surface area contributed by atoms with Gasteiger partial charge in [0.15, 0.2) is 5.16 Å². The molecule has 7 heteroatoms. The van der Waals surface area contributed by atoms with Crippen LogP contribution in [0.3, 0.4) is 0 Å². The summed E-state index contributed by atoms with van der Waals surface area (Å²) in [6, 6.07) is 5.66. The van der Waals surface area contributed by atoms with Crippen molar-refractivity contribution in [3.05, 3.63) is 35.2 Å². The van der Waals surface area contributed by atoms with E-state index in [1.165, 1.54) is 0 Å². The van der Waals surface area contributed by atoms with Crippen molar-refractivity contribution >= 4 is 17.6 Å². The van der Waals surface area contributed by atoms with Gasteiger partial charge in [0.05, 0.1) is 12.7 Å². The van der Waals surface area contributed by atoms with Gasteiger partial charge in [-0.2, -0.15) is 0 Å². The third kappa shape index (κ3) is 2.93. The van der Waals surface area contributed by atoms with Crippen LogP contribution in [0.15, 0.2) is 23.4 Å². The fraction of sp³-hybridized carbons (Fsp3) is 0.308. The molecule has 0 unspecified atom stereocenters. The molecular formula is C13H17N5OS. The number of nitrogen functional groups attached to an aromatic ring is 1. The minimum Gasteiger partial charge on any atom is -0.496 e. The highest BCUT2D eigenvalue weighted by molar-refractivity contribution is 7.98. The molecule has 0 radical (unpaired) electrons. The number of methoxy groups -OCH3 is 1. The lowest BCUT2D eigenvalue weighted by atomic mass is 10.1. The molecule has 0 fully saturated rings. The molecule has 20 heavy (non-hydrogen) atoms. The van der Waals surface area contributed by atoms with Crippen molar-refractivity contribution in [2.45, 2.75) is 17.8 Å². The first-order chi connectivity index (χ1) is 9.52. The SMILES string of the molecule is COc1ccc(CSc2nnc(C)n2C)cc1C(=N)N. The molecule has 106 valence electrons. The van der Waals surface area contributed by atoms with E-state index in [4.69, 9.17) is 15.9 Å². The van der Waals surface area contributed by atoms with Crippen molar-refractivity contribution in [3.8, 4) is 5.75 Å². The number of ether oxygens (including phenoxy) is 1. The van der Waals surface area contributed by atoms with Crippen molar-refractivity contribution < 1.29 is 4.74 Å². The second-order valence-corrected chi connectivity index (χ2v) is 5.27. The maximum atomic E-state index is 7.57. The predicted molar refractivity (Wildman–Crippen MR) is 79.3 cm³/mol. The van der Waals surface area contributed by atoms with E-state index in [1.807, 2.05) is 36.7 Å². The van der Waals surface area contributed by atoms with E-state index in [0.717, 1.165) is 22.3 Å². The highest BCUT2D eigenvalue weighted by Crippen LogP contribution is 2.25. The molecule has 1 aromatic heterocycles. The minimum absolute atomic E-state index is 0.00297. The summed E-state index contributed by atoms with van der Waals surface area (Å²) in [6.45, 7) is 1.91. The predicted octanol–water partition coefficient (Wildman–Crippen LogP) is 1.71. The Kier molecular flexibility index (Phi) is 4.29. The molecule has 0 saturated heterocycles. The highest BCUT2D eigenvalue weighted by atomic mass is 32.2. The lowest BCUT2D eigenvalue weighted by Crippen LogP contribution is -2.12. The van der Waals surface area contributed by atoms with Crippen molar-refractivity contribution in [3.63, 3.8) is 0 Å². The molecule has 0 aliphatic rings. The number of nitrogens with two attached hydrogens (primary N) is 1. The van der Waals surface area contributed by atoms with Crippen LogP contribution >= 0.6 is 11.8 Å². The Bertz CT molecular complexity index is 638. The summed E-state index contributed by atoms with van der Waals surface area (Å²) in [5.41, 5.74) is 7.23. The number of hydrogen-bond acceptors (Lipinski definition) is 5. The highest BCUT2D eigenvalue weighted by Gasteiger charge is 2.09. The van der Waals surface area contributed by atoms with Gasteiger partial charge in [-0.15, -0.1) is 10.2 Å². The maximum Gasteiger partial charge on any atom is 0.191 e. The second kappa shape index (κ2) is 5.96. The van der Waals surface area contributed by atoms with Crippen LogP contribution < -0.4 is 10.5 Å². The van der Waals surface area contributed by atoms with Crippen molar-refractivity contribution in [2.75, 3.05) is 7.11 Å². The van der Waals surface area contributed by atoms with Crippen LogP contribution in [0.2, 0.25) is 0 Å². The Morgan fingerprint density at radius 3 is 2.75 bits per heavy atom. The maximum absolute atomic E-state index is 7.57. The Morgan fingerprint density at radius 2 is 2.20 bits per heavy atom. The number of thioether (sulfide) groups is 1. The van der Waals surface area contributed by atoms with Gasteiger partial charge in [0.25, 0.3) is 0 Å². The van der Waals surface area contributed by atoms with Crippen LogP contribution in [0.5, 0.6) is 5.75 Å². The van der Waals surface area contributed by atoms with Gasteiger partial charge >= 0.3 is 0 Å².